The van der Waals surface area contributed by atoms with E-state index in [0.29, 0.717) is 12.0 Å². The quantitative estimate of drug-likeness (QED) is 0.901. The van der Waals surface area contributed by atoms with Gasteiger partial charge in [0, 0.05) is 40.1 Å². The predicted octanol–water partition coefficient (Wildman–Crippen LogP) is 4.02. The fourth-order valence-electron chi connectivity index (χ4n) is 2.80. The lowest BCUT2D eigenvalue weighted by atomic mass is 9.76. The van der Waals surface area contributed by atoms with Crippen molar-refractivity contribution in [1.29, 1.82) is 0 Å². The van der Waals surface area contributed by atoms with Crippen molar-refractivity contribution in [1.82, 2.24) is 5.32 Å². The van der Waals surface area contributed by atoms with Crippen LogP contribution in [0.3, 0.4) is 0 Å². The van der Waals surface area contributed by atoms with Gasteiger partial charge in [0.15, 0.2) is 0 Å². The Kier molecular flexibility index (Phi) is 5.02. The molecule has 4 heteroatoms. The minimum absolute atomic E-state index is 0.666. The highest BCUT2D eigenvalue weighted by Gasteiger charge is 2.31. The average Bonchev–Trinajstić information content (AvgIpc) is 2.40. The van der Waals surface area contributed by atoms with Gasteiger partial charge in [-0.2, -0.15) is 23.5 Å². The van der Waals surface area contributed by atoms with Crippen molar-refractivity contribution in [3.8, 4) is 0 Å². The largest absolute Gasteiger partial charge is 0.313 e. The molecule has 3 rings (SSSR count). The first-order valence-electron chi connectivity index (χ1n) is 7.00. The summed E-state index contributed by atoms with van der Waals surface area (Å²) in [6.45, 7) is 1.18. The molecule has 1 aromatic carbocycles. The number of nitrogens with one attached hydrogen (secondary N) is 1. The smallest absolute Gasteiger partial charge is 0.0440 e. The van der Waals surface area contributed by atoms with Crippen LogP contribution >= 0.6 is 35.1 Å². The monoisotopic (exact) mass is 313 g/mol. The Morgan fingerprint density at radius 3 is 2.79 bits per heavy atom. The van der Waals surface area contributed by atoms with Crippen molar-refractivity contribution in [2.75, 3.05) is 23.8 Å². The summed E-state index contributed by atoms with van der Waals surface area (Å²) in [7, 11) is 0. The van der Waals surface area contributed by atoms with Crippen LogP contribution in [0.1, 0.15) is 24.3 Å². The van der Waals surface area contributed by atoms with Crippen LogP contribution in [-0.4, -0.2) is 35.1 Å². The molecule has 2 fully saturated rings. The molecule has 1 saturated heterocycles. The van der Waals surface area contributed by atoms with E-state index in [9.17, 15) is 0 Å². The van der Waals surface area contributed by atoms with Gasteiger partial charge in [-0.3, -0.25) is 0 Å². The lowest BCUT2D eigenvalue weighted by molar-refractivity contribution is 0.293. The second-order valence-corrected chi connectivity index (χ2v) is 8.33. The topological polar surface area (TPSA) is 12.0 Å². The molecule has 0 spiro atoms. The molecule has 1 aliphatic carbocycles. The molecule has 1 aromatic rings. The molecular formula is C15H20ClNS2. The van der Waals surface area contributed by atoms with Crippen LogP contribution in [0.4, 0.5) is 0 Å². The summed E-state index contributed by atoms with van der Waals surface area (Å²) in [6.07, 6.45) is 2.49. The van der Waals surface area contributed by atoms with E-state index in [1.165, 1.54) is 42.2 Å². The van der Waals surface area contributed by atoms with E-state index in [4.69, 9.17) is 11.6 Å². The van der Waals surface area contributed by atoms with Crippen LogP contribution in [0.2, 0.25) is 5.02 Å². The van der Waals surface area contributed by atoms with Crippen LogP contribution in [0.25, 0.3) is 0 Å². The molecule has 104 valence electrons. The molecule has 1 heterocycles. The first-order chi connectivity index (χ1) is 9.33. The molecule has 0 radical (unpaired) electrons. The maximum absolute atomic E-state index is 6.25. The van der Waals surface area contributed by atoms with Crippen LogP contribution in [-0.2, 0) is 0 Å². The fraction of sp³-hybridized carbons (Fsp3) is 0.600. The molecular weight excluding hydrogens is 294 g/mol. The molecule has 0 amide bonds. The first-order valence-corrected chi connectivity index (χ1v) is 9.58. The highest BCUT2D eigenvalue weighted by atomic mass is 35.5. The first kappa shape index (κ1) is 14.1. The number of hydrogen-bond donors (Lipinski definition) is 1. The summed E-state index contributed by atoms with van der Waals surface area (Å²) in [5, 5.41) is 5.48. The summed E-state index contributed by atoms with van der Waals surface area (Å²) in [6, 6.07) is 8.99. The minimum atomic E-state index is 0.666. The number of benzene rings is 1. The van der Waals surface area contributed by atoms with Crippen molar-refractivity contribution in [3.63, 3.8) is 0 Å². The lowest BCUT2D eigenvalue weighted by Crippen LogP contribution is -2.43. The Labute approximate surface area is 129 Å². The van der Waals surface area contributed by atoms with Crippen LogP contribution < -0.4 is 5.32 Å². The van der Waals surface area contributed by atoms with Gasteiger partial charge in [0.2, 0.25) is 0 Å². The number of halogens is 1. The summed E-state index contributed by atoms with van der Waals surface area (Å²) >= 11 is 10.5. The normalized spacial score (nSPS) is 30.9. The Bertz CT molecular complexity index is 414. The Morgan fingerprint density at radius 1 is 1.21 bits per heavy atom. The molecule has 0 bridgehead atoms. The highest BCUT2D eigenvalue weighted by molar-refractivity contribution is 8.06. The van der Waals surface area contributed by atoms with Crippen LogP contribution in [0.5, 0.6) is 0 Å². The third kappa shape index (κ3) is 3.63. The molecule has 1 saturated carbocycles. The maximum atomic E-state index is 6.25. The standard InChI is InChI=1S/C15H20ClNS2/c16-15-4-2-1-3-14(15)11-7-12(8-11)17-9-13-10-18-5-6-19-13/h1-4,11-13,17H,5-10H2. The summed E-state index contributed by atoms with van der Waals surface area (Å²) in [5.41, 5.74) is 1.34. The zero-order valence-electron chi connectivity index (χ0n) is 11.0. The van der Waals surface area contributed by atoms with Gasteiger partial charge in [0.05, 0.1) is 0 Å². The predicted molar refractivity (Wildman–Crippen MR) is 88.8 cm³/mol. The van der Waals surface area contributed by atoms with Gasteiger partial charge in [-0.1, -0.05) is 29.8 Å². The van der Waals surface area contributed by atoms with Crippen molar-refractivity contribution in [2.45, 2.75) is 30.1 Å². The highest BCUT2D eigenvalue weighted by Crippen LogP contribution is 2.40. The summed E-state index contributed by atoms with van der Waals surface area (Å²) < 4.78 is 0. The second kappa shape index (κ2) is 6.75. The molecule has 1 atom stereocenters. The summed E-state index contributed by atoms with van der Waals surface area (Å²) in [5.74, 6) is 4.64. The number of hydrogen-bond acceptors (Lipinski definition) is 3. The fourth-order valence-corrected chi connectivity index (χ4v) is 5.71. The molecule has 1 aliphatic heterocycles. The van der Waals surface area contributed by atoms with Gasteiger partial charge in [0.1, 0.15) is 0 Å². The zero-order valence-corrected chi connectivity index (χ0v) is 13.4. The minimum Gasteiger partial charge on any atom is -0.313 e. The van der Waals surface area contributed by atoms with E-state index in [2.05, 4.69) is 41.0 Å². The zero-order chi connectivity index (χ0) is 13.1. The van der Waals surface area contributed by atoms with E-state index in [1.54, 1.807) is 0 Å². The Balaban J connectivity index is 1.42. The molecule has 1 unspecified atom stereocenters. The third-order valence-corrected chi connectivity index (χ3v) is 7.19. The van der Waals surface area contributed by atoms with Crippen LogP contribution in [0.15, 0.2) is 24.3 Å². The molecule has 1 N–H and O–H groups in total. The maximum Gasteiger partial charge on any atom is 0.0440 e. The van der Waals surface area contributed by atoms with E-state index >= 15 is 0 Å². The van der Waals surface area contributed by atoms with Gasteiger partial charge in [0.25, 0.3) is 0 Å². The van der Waals surface area contributed by atoms with Gasteiger partial charge in [-0.25, -0.2) is 0 Å². The van der Waals surface area contributed by atoms with Crippen molar-refractivity contribution in [3.05, 3.63) is 34.9 Å². The van der Waals surface area contributed by atoms with Gasteiger partial charge in [-0.15, -0.1) is 0 Å². The number of thioether (sulfide) groups is 2. The van der Waals surface area contributed by atoms with Gasteiger partial charge >= 0.3 is 0 Å². The van der Waals surface area contributed by atoms with Crippen LogP contribution in [0, 0.1) is 0 Å². The molecule has 19 heavy (non-hydrogen) atoms. The van der Waals surface area contributed by atoms with E-state index < -0.39 is 0 Å². The van der Waals surface area contributed by atoms with Crippen molar-refractivity contribution >= 4 is 35.1 Å². The SMILES string of the molecule is Clc1ccccc1C1CC(NCC2CSCCS2)C1. The van der Waals surface area contributed by atoms with E-state index in [0.717, 1.165) is 10.3 Å². The Morgan fingerprint density at radius 2 is 2.05 bits per heavy atom. The lowest BCUT2D eigenvalue weighted by Gasteiger charge is -2.38. The third-order valence-electron chi connectivity index (χ3n) is 4.00. The van der Waals surface area contributed by atoms with E-state index in [-0.39, 0.29) is 0 Å². The van der Waals surface area contributed by atoms with Crippen molar-refractivity contribution in [2.24, 2.45) is 0 Å². The van der Waals surface area contributed by atoms with E-state index in [1.807, 2.05) is 12.1 Å². The van der Waals surface area contributed by atoms with Crippen molar-refractivity contribution < 1.29 is 0 Å². The Hall–Kier alpha value is 0.170. The molecule has 2 aliphatic rings. The number of rotatable bonds is 4. The molecule has 0 aromatic heterocycles. The average molecular weight is 314 g/mol. The van der Waals surface area contributed by atoms with Gasteiger partial charge < -0.3 is 5.32 Å². The van der Waals surface area contributed by atoms with Gasteiger partial charge in [-0.05, 0) is 30.4 Å². The second-order valence-electron chi connectivity index (χ2n) is 5.36. The summed E-state index contributed by atoms with van der Waals surface area (Å²) in [4.78, 5) is 0. The molecule has 1 nitrogen and oxygen atoms in total.